The summed E-state index contributed by atoms with van der Waals surface area (Å²) in [6.45, 7) is 1.80. The molecule has 2 aromatic heterocycles. The van der Waals surface area contributed by atoms with Gasteiger partial charge in [0.1, 0.15) is 11.8 Å². The Morgan fingerprint density at radius 2 is 2.40 bits per heavy atom. The van der Waals surface area contributed by atoms with Crippen LogP contribution in [0.1, 0.15) is 16.1 Å². The molecule has 0 saturated heterocycles. The number of nitrogens with zero attached hydrogens (tertiary/aromatic N) is 2. The molecule has 0 unspecified atom stereocenters. The highest BCUT2D eigenvalue weighted by atomic mass is 79.9. The van der Waals surface area contributed by atoms with Gasteiger partial charge in [-0.2, -0.15) is 5.10 Å². The van der Waals surface area contributed by atoms with Gasteiger partial charge in [-0.25, -0.2) is 4.52 Å². The zero-order chi connectivity index (χ0) is 11.0. The Balaban J connectivity index is 2.87. The second-order valence-corrected chi connectivity index (χ2v) is 3.70. The second-order valence-electron chi connectivity index (χ2n) is 3.13. The molecule has 2 aromatic rings. The first-order chi connectivity index (χ1) is 7.15. The van der Waals surface area contributed by atoms with Crippen LogP contribution in [-0.4, -0.2) is 25.7 Å². The molecule has 0 aliphatic rings. The number of ketones is 1. The predicted octanol–water partition coefficient (Wildman–Crippen LogP) is 0.909. The van der Waals surface area contributed by atoms with Crippen LogP contribution in [0.3, 0.4) is 0 Å². The maximum absolute atomic E-state index is 11.6. The average molecular weight is 270 g/mol. The molecule has 78 valence electrons. The molecule has 0 aliphatic carbocycles. The van der Waals surface area contributed by atoms with E-state index >= 15 is 0 Å². The van der Waals surface area contributed by atoms with Crippen molar-refractivity contribution in [1.29, 1.82) is 0 Å². The third-order valence-corrected chi connectivity index (χ3v) is 2.67. The molecule has 0 spiro atoms. The van der Waals surface area contributed by atoms with Crippen LogP contribution in [-0.2, 0) is 0 Å². The number of aromatic amines is 1. The fraction of sp³-hybridized carbons (Fsp3) is 0.222. The Hall–Kier alpha value is -1.43. The molecule has 0 radical (unpaired) electrons. The summed E-state index contributed by atoms with van der Waals surface area (Å²) in [7, 11) is 0. The van der Waals surface area contributed by atoms with Crippen molar-refractivity contribution in [3.8, 4) is 0 Å². The number of alkyl halides is 1. The summed E-state index contributed by atoms with van der Waals surface area (Å²) in [5.41, 5.74) is 1.17. The van der Waals surface area contributed by atoms with E-state index in [0.717, 1.165) is 5.69 Å². The van der Waals surface area contributed by atoms with Gasteiger partial charge < -0.3 is 4.98 Å². The quantitative estimate of drug-likeness (QED) is 0.651. The number of Topliss-reactive ketones (excluding diaryl/α,β-unsaturated/α-hetero) is 1. The van der Waals surface area contributed by atoms with Gasteiger partial charge in [0.2, 0.25) is 0 Å². The van der Waals surface area contributed by atoms with E-state index in [1.54, 1.807) is 13.0 Å². The Kier molecular flexibility index (Phi) is 2.44. The van der Waals surface area contributed by atoms with Crippen molar-refractivity contribution in [3.63, 3.8) is 0 Å². The van der Waals surface area contributed by atoms with Crippen LogP contribution in [0.5, 0.6) is 0 Å². The van der Waals surface area contributed by atoms with Crippen LogP contribution in [0.2, 0.25) is 0 Å². The monoisotopic (exact) mass is 269 g/mol. The minimum atomic E-state index is -0.303. The van der Waals surface area contributed by atoms with Gasteiger partial charge in [-0.05, 0) is 13.0 Å². The minimum Gasteiger partial charge on any atom is -0.310 e. The standard InChI is InChI=1S/C9H8BrN3O2/c1-5-2-6(7(14)3-10)8-9(15)11-4-12-13(5)8/h2,4H,3H2,1H3,(H,11,12,15). The van der Waals surface area contributed by atoms with E-state index in [0.29, 0.717) is 11.1 Å². The molecule has 2 heterocycles. The van der Waals surface area contributed by atoms with Crippen molar-refractivity contribution in [3.05, 3.63) is 34.0 Å². The van der Waals surface area contributed by atoms with Crippen molar-refractivity contribution >= 4 is 27.2 Å². The third kappa shape index (κ3) is 1.50. The van der Waals surface area contributed by atoms with E-state index in [4.69, 9.17) is 0 Å². The molecule has 2 rings (SSSR count). The zero-order valence-electron chi connectivity index (χ0n) is 7.95. The molecule has 15 heavy (non-hydrogen) atoms. The fourth-order valence-corrected chi connectivity index (χ4v) is 1.80. The Labute approximate surface area is 93.2 Å². The molecule has 0 amide bonds. The number of hydrogen-bond acceptors (Lipinski definition) is 3. The number of rotatable bonds is 2. The van der Waals surface area contributed by atoms with Crippen molar-refractivity contribution < 1.29 is 4.79 Å². The molecule has 0 aromatic carbocycles. The molecule has 0 aliphatic heterocycles. The summed E-state index contributed by atoms with van der Waals surface area (Å²) < 4.78 is 1.47. The fourth-order valence-electron chi connectivity index (χ4n) is 1.49. The topological polar surface area (TPSA) is 67.2 Å². The first-order valence-corrected chi connectivity index (χ1v) is 5.42. The number of nitrogens with one attached hydrogen (secondary N) is 1. The minimum absolute atomic E-state index is 0.126. The highest BCUT2D eigenvalue weighted by Gasteiger charge is 2.15. The lowest BCUT2D eigenvalue weighted by Crippen LogP contribution is -2.14. The molecule has 0 fully saturated rings. The van der Waals surface area contributed by atoms with Crippen LogP contribution in [0, 0.1) is 6.92 Å². The summed E-state index contributed by atoms with van der Waals surface area (Å²) in [4.78, 5) is 25.6. The van der Waals surface area contributed by atoms with Gasteiger partial charge in [-0.1, -0.05) is 15.9 Å². The number of aryl methyl sites for hydroxylation is 1. The molecule has 5 nitrogen and oxygen atoms in total. The van der Waals surface area contributed by atoms with Gasteiger partial charge in [0.25, 0.3) is 5.56 Å². The number of fused-ring (bicyclic) bond motifs is 1. The molecule has 0 atom stereocenters. The molecular formula is C9H8BrN3O2. The Morgan fingerprint density at radius 3 is 3.07 bits per heavy atom. The highest BCUT2D eigenvalue weighted by molar-refractivity contribution is 9.09. The number of aromatic nitrogens is 3. The number of carbonyl (C=O) groups is 1. The number of H-pyrrole nitrogens is 1. The van der Waals surface area contributed by atoms with Crippen LogP contribution in [0.25, 0.3) is 5.52 Å². The van der Waals surface area contributed by atoms with Crippen molar-refractivity contribution in [2.75, 3.05) is 5.33 Å². The molecule has 0 bridgehead atoms. The second kappa shape index (κ2) is 3.62. The van der Waals surface area contributed by atoms with Crippen molar-refractivity contribution in [1.82, 2.24) is 14.6 Å². The highest BCUT2D eigenvalue weighted by Crippen LogP contribution is 2.12. The molecule has 0 saturated carbocycles. The van der Waals surface area contributed by atoms with Gasteiger partial charge in [0, 0.05) is 5.69 Å². The summed E-state index contributed by atoms with van der Waals surface area (Å²) in [5.74, 6) is -0.126. The first-order valence-electron chi connectivity index (χ1n) is 4.30. The summed E-state index contributed by atoms with van der Waals surface area (Å²) in [6, 6.07) is 1.67. The van der Waals surface area contributed by atoms with E-state index in [2.05, 4.69) is 26.0 Å². The zero-order valence-corrected chi connectivity index (χ0v) is 9.54. The summed E-state index contributed by atoms with van der Waals surface area (Å²) in [6.07, 6.45) is 1.31. The Morgan fingerprint density at radius 1 is 1.67 bits per heavy atom. The maximum Gasteiger partial charge on any atom is 0.275 e. The average Bonchev–Trinajstić information content (AvgIpc) is 2.57. The number of carbonyl (C=O) groups excluding carboxylic acids is 1. The number of halogens is 1. The largest absolute Gasteiger partial charge is 0.310 e. The van der Waals surface area contributed by atoms with E-state index in [9.17, 15) is 9.59 Å². The first kappa shape index (κ1) is 10.1. The van der Waals surface area contributed by atoms with Gasteiger partial charge in [0.05, 0.1) is 10.9 Å². The maximum atomic E-state index is 11.6. The number of hydrogen-bond donors (Lipinski definition) is 1. The summed E-state index contributed by atoms with van der Waals surface area (Å²) >= 11 is 3.08. The van der Waals surface area contributed by atoms with E-state index < -0.39 is 0 Å². The van der Waals surface area contributed by atoms with Crippen LogP contribution >= 0.6 is 15.9 Å². The predicted molar refractivity (Wildman–Crippen MR) is 58.7 cm³/mol. The van der Waals surface area contributed by atoms with Gasteiger partial charge in [-0.15, -0.1) is 0 Å². The molecule has 6 heteroatoms. The van der Waals surface area contributed by atoms with Crippen LogP contribution in [0.4, 0.5) is 0 Å². The normalized spacial score (nSPS) is 10.8. The van der Waals surface area contributed by atoms with Crippen molar-refractivity contribution in [2.24, 2.45) is 0 Å². The lowest BCUT2D eigenvalue weighted by Gasteiger charge is -1.95. The lowest BCUT2D eigenvalue weighted by molar-refractivity contribution is 0.102. The van der Waals surface area contributed by atoms with Crippen molar-refractivity contribution in [2.45, 2.75) is 6.92 Å². The smallest absolute Gasteiger partial charge is 0.275 e. The summed E-state index contributed by atoms with van der Waals surface area (Å²) in [5, 5.41) is 4.17. The SMILES string of the molecule is Cc1cc(C(=O)CBr)c2c(=O)[nH]cnn12. The van der Waals surface area contributed by atoms with Crippen LogP contribution < -0.4 is 5.56 Å². The van der Waals surface area contributed by atoms with E-state index in [1.165, 1.54) is 10.8 Å². The molecular weight excluding hydrogens is 262 g/mol. The van der Waals surface area contributed by atoms with Crippen LogP contribution in [0.15, 0.2) is 17.2 Å². The van der Waals surface area contributed by atoms with E-state index in [1.807, 2.05) is 0 Å². The van der Waals surface area contributed by atoms with Gasteiger partial charge in [-0.3, -0.25) is 9.59 Å². The molecule has 1 N–H and O–H groups in total. The third-order valence-electron chi connectivity index (χ3n) is 2.16. The van der Waals surface area contributed by atoms with E-state index in [-0.39, 0.29) is 16.7 Å². The Bertz CT molecular complexity index is 585. The van der Waals surface area contributed by atoms with Gasteiger partial charge >= 0.3 is 0 Å². The lowest BCUT2D eigenvalue weighted by atomic mass is 10.2. The van der Waals surface area contributed by atoms with Gasteiger partial charge in [0.15, 0.2) is 5.78 Å².